The highest BCUT2D eigenvalue weighted by Gasteiger charge is 2.13. The second-order valence-electron chi connectivity index (χ2n) is 4.09. The third kappa shape index (κ3) is 6.73. The van der Waals surface area contributed by atoms with Crippen LogP contribution in [-0.4, -0.2) is 36.2 Å². The second kappa shape index (κ2) is 7.84. The largest absolute Gasteiger partial charge is 0.460 e. The van der Waals surface area contributed by atoms with Crippen molar-refractivity contribution in [3.63, 3.8) is 0 Å². The maximum absolute atomic E-state index is 11.4. The Balaban J connectivity index is 3.80. The van der Waals surface area contributed by atoms with Crippen LogP contribution in [0.4, 0.5) is 0 Å². The number of hydrogen-bond donors (Lipinski definition) is 2. The molecule has 5 nitrogen and oxygen atoms in total. The lowest BCUT2D eigenvalue weighted by atomic mass is 10.1. The summed E-state index contributed by atoms with van der Waals surface area (Å²) < 4.78 is 4.74. The topological polar surface area (TPSA) is 75.6 Å². The Labute approximate surface area is 102 Å². The molecule has 0 bridgehead atoms. The van der Waals surface area contributed by atoms with Crippen molar-refractivity contribution in [3.05, 3.63) is 12.2 Å². The molecule has 2 atom stereocenters. The summed E-state index contributed by atoms with van der Waals surface area (Å²) in [5.74, 6) is -0.741. The van der Waals surface area contributed by atoms with E-state index in [0.717, 1.165) is 6.42 Å². The molecule has 0 heterocycles. The lowest BCUT2D eigenvalue weighted by molar-refractivity contribution is -0.141. The highest BCUT2D eigenvalue weighted by atomic mass is 16.5. The van der Waals surface area contributed by atoms with Gasteiger partial charge in [-0.3, -0.25) is 4.79 Å². The summed E-state index contributed by atoms with van der Waals surface area (Å²) in [6, 6.07) is 0. The predicted molar refractivity (Wildman–Crippen MR) is 64.2 cm³/mol. The lowest BCUT2D eigenvalue weighted by Gasteiger charge is -2.14. The molecule has 0 aliphatic rings. The molecule has 17 heavy (non-hydrogen) atoms. The molecule has 0 aliphatic heterocycles. The van der Waals surface area contributed by atoms with Crippen LogP contribution in [0.1, 0.15) is 27.2 Å². The van der Waals surface area contributed by atoms with E-state index >= 15 is 0 Å². The molecule has 0 aromatic heterocycles. The average molecular weight is 243 g/mol. The molecule has 2 N–H and O–H groups in total. The number of amides is 1. The van der Waals surface area contributed by atoms with Crippen molar-refractivity contribution in [1.29, 1.82) is 0 Å². The monoisotopic (exact) mass is 243 g/mol. The van der Waals surface area contributed by atoms with E-state index in [1.165, 1.54) is 6.92 Å². The Kier molecular flexibility index (Phi) is 7.21. The number of rotatable bonds is 7. The van der Waals surface area contributed by atoms with Crippen LogP contribution in [0, 0.1) is 5.92 Å². The van der Waals surface area contributed by atoms with Crippen molar-refractivity contribution in [2.75, 3.05) is 13.2 Å². The molecule has 0 saturated carbocycles. The highest BCUT2D eigenvalue weighted by Crippen LogP contribution is 1.99. The van der Waals surface area contributed by atoms with Gasteiger partial charge in [0.2, 0.25) is 5.91 Å². The highest BCUT2D eigenvalue weighted by molar-refractivity contribution is 5.86. The Morgan fingerprint density at radius 3 is 2.53 bits per heavy atom. The molecule has 0 aromatic rings. The van der Waals surface area contributed by atoms with Gasteiger partial charge >= 0.3 is 5.97 Å². The number of nitrogens with one attached hydrogen (secondary N) is 1. The van der Waals surface area contributed by atoms with Gasteiger partial charge < -0.3 is 15.2 Å². The third-order valence-corrected chi connectivity index (χ3v) is 2.33. The van der Waals surface area contributed by atoms with E-state index in [0.29, 0.717) is 0 Å². The molecule has 2 unspecified atom stereocenters. The van der Waals surface area contributed by atoms with Gasteiger partial charge in [-0.1, -0.05) is 20.4 Å². The van der Waals surface area contributed by atoms with E-state index < -0.39 is 12.1 Å². The molecule has 0 fully saturated rings. The van der Waals surface area contributed by atoms with Gasteiger partial charge in [-0.25, -0.2) is 4.79 Å². The summed E-state index contributed by atoms with van der Waals surface area (Å²) in [5, 5.41) is 12.0. The van der Waals surface area contributed by atoms with Crippen molar-refractivity contribution in [1.82, 2.24) is 5.32 Å². The zero-order valence-corrected chi connectivity index (χ0v) is 10.7. The number of esters is 1. The molecule has 5 heteroatoms. The van der Waals surface area contributed by atoms with Crippen LogP contribution < -0.4 is 5.32 Å². The fourth-order valence-electron chi connectivity index (χ4n) is 0.932. The first-order valence-corrected chi connectivity index (χ1v) is 5.66. The van der Waals surface area contributed by atoms with Gasteiger partial charge in [0.1, 0.15) is 12.7 Å². The molecule has 0 saturated heterocycles. The molecule has 0 aromatic carbocycles. The Morgan fingerprint density at radius 1 is 1.47 bits per heavy atom. The van der Waals surface area contributed by atoms with Gasteiger partial charge in [-0.05, 0) is 13.3 Å². The fourth-order valence-corrected chi connectivity index (χ4v) is 0.932. The maximum Gasteiger partial charge on any atom is 0.333 e. The lowest BCUT2D eigenvalue weighted by Crippen LogP contribution is -2.37. The number of carbonyl (C=O) groups is 2. The van der Waals surface area contributed by atoms with Crippen LogP contribution >= 0.6 is 0 Å². The van der Waals surface area contributed by atoms with E-state index in [1.54, 1.807) is 0 Å². The van der Waals surface area contributed by atoms with Crippen LogP contribution in [-0.2, 0) is 14.3 Å². The third-order valence-electron chi connectivity index (χ3n) is 2.33. The standard InChI is InChI=1S/C12H21NO4/c1-5-9(4)11(15)13-6-10(14)7-17-12(16)8(2)3/h9-10,14H,2,5-7H2,1,3-4H3,(H,13,15). The zero-order chi connectivity index (χ0) is 13.4. The van der Waals surface area contributed by atoms with Crippen molar-refractivity contribution < 1.29 is 19.4 Å². The van der Waals surface area contributed by atoms with E-state index in [9.17, 15) is 14.7 Å². The summed E-state index contributed by atoms with van der Waals surface area (Å²) >= 11 is 0. The molecule has 0 rings (SSSR count). The van der Waals surface area contributed by atoms with Crippen molar-refractivity contribution in [2.45, 2.75) is 33.3 Å². The number of aliphatic hydroxyl groups excluding tert-OH is 1. The number of ether oxygens (including phenoxy) is 1. The van der Waals surface area contributed by atoms with Crippen LogP contribution in [0.5, 0.6) is 0 Å². The van der Waals surface area contributed by atoms with Crippen LogP contribution in [0.15, 0.2) is 12.2 Å². The number of aliphatic hydroxyl groups is 1. The van der Waals surface area contributed by atoms with Crippen LogP contribution in [0.3, 0.4) is 0 Å². The Bertz CT molecular complexity index is 288. The first-order chi connectivity index (χ1) is 7.88. The minimum absolute atomic E-state index is 0.0760. The molecule has 0 aliphatic carbocycles. The maximum atomic E-state index is 11.4. The van der Waals surface area contributed by atoms with Gasteiger partial charge in [0.25, 0.3) is 0 Å². The summed E-state index contributed by atoms with van der Waals surface area (Å²) in [6.07, 6.45) is -0.154. The number of carbonyl (C=O) groups excluding carboxylic acids is 2. The molecule has 1 amide bonds. The first kappa shape index (κ1) is 15.6. The molecular formula is C12H21NO4. The zero-order valence-electron chi connectivity index (χ0n) is 10.7. The first-order valence-electron chi connectivity index (χ1n) is 5.66. The summed E-state index contributed by atoms with van der Waals surface area (Å²) in [5.41, 5.74) is 0.279. The van der Waals surface area contributed by atoms with Gasteiger partial charge in [0, 0.05) is 18.0 Å². The van der Waals surface area contributed by atoms with Crippen LogP contribution in [0.25, 0.3) is 0 Å². The summed E-state index contributed by atoms with van der Waals surface area (Å²) in [4.78, 5) is 22.4. The Hall–Kier alpha value is -1.36. The van der Waals surface area contributed by atoms with E-state index in [4.69, 9.17) is 4.74 Å². The van der Waals surface area contributed by atoms with Crippen molar-refractivity contribution in [3.8, 4) is 0 Å². The van der Waals surface area contributed by atoms with E-state index in [1.807, 2.05) is 13.8 Å². The fraction of sp³-hybridized carbons (Fsp3) is 0.667. The van der Waals surface area contributed by atoms with Crippen LogP contribution in [0.2, 0.25) is 0 Å². The Morgan fingerprint density at radius 2 is 2.06 bits per heavy atom. The SMILES string of the molecule is C=C(C)C(=O)OCC(O)CNC(=O)C(C)CC. The van der Waals surface area contributed by atoms with Crippen molar-refractivity contribution in [2.24, 2.45) is 5.92 Å². The number of hydrogen-bond acceptors (Lipinski definition) is 4. The van der Waals surface area contributed by atoms with Gasteiger partial charge in [0.05, 0.1) is 0 Å². The van der Waals surface area contributed by atoms with Gasteiger partial charge in [0.15, 0.2) is 0 Å². The summed E-state index contributed by atoms with van der Waals surface area (Å²) in [7, 11) is 0. The van der Waals surface area contributed by atoms with Crippen molar-refractivity contribution >= 4 is 11.9 Å². The molecule has 98 valence electrons. The molecular weight excluding hydrogens is 222 g/mol. The molecule has 0 radical (unpaired) electrons. The predicted octanol–water partition coefficient (Wildman–Crippen LogP) is 0.629. The summed E-state index contributed by atoms with van der Waals surface area (Å²) in [6.45, 7) is 8.59. The smallest absolute Gasteiger partial charge is 0.333 e. The minimum atomic E-state index is -0.897. The minimum Gasteiger partial charge on any atom is -0.460 e. The van der Waals surface area contributed by atoms with E-state index in [-0.39, 0.29) is 30.5 Å². The van der Waals surface area contributed by atoms with Gasteiger partial charge in [-0.2, -0.15) is 0 Å². The van der Waals surface area contributed by atoms with Gasteiger partial charge in [-0.15, -0.1) is 0 Å². The normalized spacial score (nSPS) is 13.6. The second-order valence-corrected chi connectivity index (χ2v) is 4.09. The molecule has 0 spiro atoms. The average Bonchev–Trinajstić information content (AvgIpc) is 2.31. The van der Waals surface area contributed by atoms with E-state index in [2.05, 4.69) is 11.9 Å². The quantitative estimate of drug-likeness (QED) is 0.508.